The van der Waals surface area contributed by atoms with Crippen molar-refractivity contribution in [2.75, 3.05) is 42.5 Å². The summed E-state index contributed by atoms with van der Waals surface area (Å²) in [6.07, 6.45) is 7.20. The van der Waals surface area contributed by atoms with Gasteiger partial charge in [0, 0.05) is 38.5 Å². The number of nitrogens with two attached hydrogens (primary N) is 1. The van der Waals surface area contributed by atoms with Gasteiger partial charge in [-0.1, -0.05) is 12.5 Å². The van der Waals surface area contributed by atoms with Crippen molar-refractivity contribution < 1.29 is 14.3 Å². The molecule has 1 aliphatic carbocycles. The molecular formula is C26H41N5O3. The summed E-state index contributed by atoms with van der Waals surface area (Å²) in [5, 5.41) is 7.08. The molecule has 2 fully saturated rings. The van der Waals surface area contributed by atoms with E-state index in [0.717, 1.165) is 75.1 Å². The van der Waals surface area contributed by atoms with Crippen LogP contribution in [0, 0.1) is 0 Å². The maximum absolute atomic E-state index is 13.3. The zero-order chi connectivity index (χ0) is 24.1. The van der Waals surface area contributed by atoms with E-state index in [1.807, 2.05) is 19.1 Å². The summed E-state index contributed by atoms with van der Waals surface area (Å²) in [7, 11) is 0. The Labute approximate surface area is 203 Å². The number of rotatable bonds is 6. The van der Waals surface area contributed by atoms with Crippen LogP contribution in [0.4, 0.5) is 16.2 Å². The van der Waals surface area contributed by atoms with E-state index in [1.54, 1.807) is 16.7 Å². The van der Waals surface area contributed by atoms with Gasteiger partial charge in [-0.2, -0.15) is 0 Å². The summed E-state index contributed by atoms with van der Waals surface area (Å²) in [6, 6.07) is 6.45. The highest BCUT2D eigenvalue weighted by atomic mass is 16.6. The van der Waals surface area contributed by atoms with Crippen LogP contribution in [-0.2, 0) is 9.53 Å². The Bertz CT molecular complexity index is 851. The first-order valence-corrected chi connectivity index (χ1v) is 13.0. The highest BCUT2D eigenvalue weighted by molar-refractivity contribution is 6.02. The van der Waals surface area contributed by atoms with E-state index in [0.29, 0.717) is 19.1 Å². The third kappa shape index (κ3) is 5.73. The van der Waals surface area contributed by atoms with E-state index in [4.69, 9.17) is 10.5 Å². The fourth-order valence-electron chi connectivity index (χ4n) is 5.61. The minimum Gasteiger partial charge on any atom is -0.446 e. The van der Waals surface area contributed by atoms with Gasteiger partial charge in [0.15, 0.2) is 0 Å². The lowest BCUT2D eigenvalue weighted by atomic mass is 9.95. The highest BCUT2D eigenvalue weighted by Gasteiger charge is 2.36. The lowest BCUT2D eigenvalue weighted by Gasteiger charge is -2.41. The molecular weight excluding hydrogens is 430 g/mol. The largest absolute Gasteiger partial charge is 0.446 e. The van der Waals surface area contributed by atoms with Gasteiger partial charge in [-0.25, -0.2) is 4.79 Å². The van der Waals surface area contributed by atoms with Crippen LogP contribution in [0.5, 0.6) is 0 Å². The second kappa shape index (κ2) is 11.5. The predicted octanol–water partition coefficient (Wildman–Crippen LogP) is 3.10. The number of carbonyl (C=O) groups excluding carboxylic acids is 2. The van der Waals surface area contributed by atoms with Crippen LogP contribution in [0.25, 0.3) is 0 Å². The first-order valence-electron chi connectivity index (χ1n) is 13.0. The number of amides is 2. The van der Waals surface area contributed by atoms with Crippen molar-refractivity contribution in [1.82, 2.24) is 10.6 Å². The molecule has 1 saturated carbocycles. The van der Waals surface area contributed by atoms with Crippen molar-refractivity contribution >= 4 is 23.4 Å². The average molecular weight is 472 g/mol. The summed E-state index contributed by atoms with van der Waals surface area (Å²) >= 11 is 0. The number of carbonyl (C=O) groups is 2. The van der Waals surface area contributed by atoms with E-state index in [1.165, 1.54) is 6.42 Å². The summed E-state index contributed by atoms with van der Waals surface area (Å²) in [4.78, 5) is 29.3. The molecule has 2 aliphatic heterocycles. The molecule has 34 heavy (non-hydrogen) atoms. The number of nitrogens with one attached hydrogen (secondary N) is 2. The van der Waals surface area contributed by atoms with Gasteiger partial charge in [-0.15, -0.1) is 0 Å². The molecule has 1 aromatic rings. The first-order chi connectivity index (χ1) is 16.5. The topological polar surface area (TPSA) is 99.9 Å². The van der Waals surface area contributed by atoms with Crippen molar-refractivity contribution in [3.05, 3.63) is 23.8 Å². The molecule has 2 amide bonds. The molecule has 2 heterocycles. The maximum Gasteiger partial charge on any atom is 0.414 e. The lowest BCUT2D eigenvalue weighted by molar-refractivity contribution is -0.117. The van der Waals surface area contributed by atoms with Crippen molar-refractivity contribution in [3.8, 4) is 0 Å². The number of fused-ring (bicyclic) bond motifs is 1. The minimum atomic E-state index is -0.308. The summed E-state index contributed by atoms with van der Waals surface area (Å²) < 4.78 is 5.93. The molecule has 4 rings (SSSR count). The number of hydrogen-bond donors (Lipinski definition) is 3. The average Bonchev–Trinajstić information content (AvgIpc) is 2.85. The molecule has 1 saturated heterocycles. The van der Waals surface area contributed by atoms with Gasteiger partial charge in [0.2, 0.25) is 5.91 Å². The van der Waals surface area contributed by atoms with E-state index < -0.39 is 0 Å². The summed E-state index contributed by atoms with van der Waals surface area (Å²) in [5.41, 5.74) is 8.77. The van der Waals surface area contributed by atoms with E-state index in [-0.39, 0.29) is 30.1 Å². The minimum absolute atomic E-state index is 0.0139. The van der Waals surface area contributed by atoms with Gasteiger partial charge < -0.3 is 26.0 Å². The smallest absolute Gasteiger partial charge is 0.414 e. The second-order valence-corrected chi connectivity index (χ2v) is 10.1. The van der Waals surface area contributed by atoms with Crippen LogP contribution >= 0.6 is 0 Å². The predicted molar refractivity (Wildman–Crippen MR) is 135 cm³/mol. The first kappa shape index (κ1) is 24.9. The van der Waals surface area contributed by atoms with E-state index in [2.05, 4.69) is 16.7 Å². The van der Waals surface area contributed by atoms with Crippen molar-refractivity contribution in [3.63, 3.8) is 0 Å². The molecule has 1 aromatic carbocycles. The van der Waals surface area contributed by atoms with Crippen LogP contribution in [0.1, 0.15) is 70.3 Å². The standard InChI is InChI=1S/C26H41N5O3/c1-18-17-30(26(33)34-23-6-4-3-5-7-23)25-14-20(8-9-24(25)31(18)19(2)32)21(15-27)16-29-22-10-12-28-13-11-22/h8-9,14,18,21-23,28-29H,3-7,10-13,15-17,27H2,1-2H3/t18-,21?/m0/s1. The molecule has 0 bridgehead atoms. The third-order valence-electron chi connectivity index (χ3n) is 7.56. The molecule has 0 aromatic heterocycles. The second-order valence-electron chi connectivity index (χ2n) is 10.1. The molecule has 2 atom stereocenters. The molecule has 3 aliphatic rings. The van der Waals surface area contributed by atoms with Gasteiger partial charge in [-0.05, 0) is 76.2 Å². The molecule has 188 valence electrons. The summed E-state index contributed by atoms with van der Waals surface area (Å²) in [5.74, 6) is 0.103. The SMILES string of the molecule is CC(=O)N1c2ccc(C(CN)CNC3CCNCC3)cc2N(C(=O)OC2CCCCC2)C[C@@H]1C. The maximum atomic E-state index is 13.3. The van der Waals surface area contributed by atoms with Gasteiger partial charge in [0.1, 0.15) is 6.10 Å². The Kier molecular flexibility index (Phi) is 8.45. The Hall–Kier alpha value is -2.16. The number of ether oxygens (including phenoxy) is 1. The van der Waals surface area contributed by atoms with Crippen molar-refractivity contribution in [2.24, 2.45) is 5.73 Å². The fourth-order valence-corrected chi connectivity index (χ4v) is 5.61. The number of benzene rings is 1. The monoisotopic (exact) mass is 471 g/mol. The number of hydrogen-bond acceptors (Lipinski definition) is 6. The third-order valence-corrected chi connectivity index (χ3v) is 7.56. The van der Waals surface area contributed by atoms with Crippen LogP contribution in [0.15, 0.2) is 18.2 Å². The fraction of sp³-hybridized carbons (Fsp3) is 0.692. The van der Waals surface area contributed by atoms with Gasteiger partial charge >= 0.3 is 6.09 Å². The van der Waals surface area contributed by atoms with Gasteiger partial charge in [-0.3, -0.25) is 9.69 Å². The van der Waals surface area contributed by atoms with Gasteiger partial charge in [0.05, 0.1) is 17.4 Å². The normalized spacial score (nSPS) is 22.9. The Morgan fingerprint density at radius 2 is 1.88 bits per heavy atom. The van der Waals surface area contributed by atoms with Crippen molar-refractivity contribution in [2.45, 2.75) is 82.9 Å². The molecule has 4 N–H and O–H groups in total. The van der Waals surface area contributed by atoms with Crippen LogP contribution < -0.4 is 26.2 Å². The van der Waals surface area contributed by atoms with Crippen molar-refractivity contribution in [1.29, 1.82) is 0 Å². The zero-order valence-corrected chi connectivity index (χ0v) is 20.7. The highest BCUT2D eigenvalue weighted by Crippen LogP contribution is 2.38. The Balaban J connectivity index is 1.56. The lowest BCUT2D eigenvalue weighted by Crippen LogP contribution is -2.52. The van der Waals surface area contributed by atoms with Gasteiger partial charge in [0.25, 0.3) is 0 Å². The molecule has 8 heteroatoms. The molecule has 0 spiro atoms. The number of piperidine rings is 1. The zero-order valence-electron chi connectivity index (χ0n) is 20.7. The van der Waals surface area contributed by atoms with E-state index in [9.17, 15) is 9.59 Å². The van der Waals surface area contributed by atoms with Crippen LogP contribution in [0.3, 0.4) is 0 Å². The quantitative estimate of drug-likeness (QED) is 0.590. The Morgan fingerprint density at radius 1 is 1.15 bits per heavy atom. The number of nitrogens with zero attached hydrogens (tertiary/aromatic N) is 2. The van der Waals surface area contributed by atoms with Crippen LogP contribution in [-0.4, -0.2) is 62.9 Å². The molecule has 0 radical (unpaired) electrons. The van der Waals surface area contributed by atoms with E-state index >= 15 is 0 Å². The van der Waals surface area contributed by atoms with Crippen LogP contribution in [0.2, 0.25) is 0 Å². The molecule has 1 unspecified atom stereocenters. The number of anilines is 2. The summed E-state index contributed by atoms with van der Waals surface area (Å²) in [6.45, 7) is 7.36. The Morgan fingerprint density at radius 3 is 2.56 bits per heavy atom. The molecule has 8 nitrogen and oxygen atoms in total.